The van der Waals surface area contributed by atoms with Crippen LogP contribution < -0.4 is 15.8 Å². The molecule has 0 amide bonds. The van der Waals surface area contributed by atoms with Gasteiger partial charge in [-0.2, -0.15) is 14.2 Å². The van der Waals surface area contributed by atoms with Crippen LogP contribution in [0.5, 0.6) is 5.75 Å². The largest absolute Gasteiger partial charge is 0.494 e. The number of nitrogens with one attached hydrogen (secondary N) is 1. The molecule has 1 saturated heterocycles. The minimum absolute atomic E-state index is 0.124. The molecule has 1 fully saturated rings. The molecule has 0 unspecified atom stereocenters. The summed E-state index contributed by atoms with van der Waals surface area (Å²) >= 11 is 0. The molecule has 1 aromatic carbocycles. The highest BCUT2D eigenvalue weighted by Crippen LogP contribution is 2.33. The highest BCUT2D eigenvalue weighted by molar-refractivity contribution is 5.77. The van der Waals surface area contributed by atoms with Crippen molar-refractivity contribution in [2.24, 2.45) is 0 Å². The summed E-state index contributed by atoms with van der Waals surface area (Å²) in [5.41, 5.74) is 8.85. The summed E-state index contributed by atoms with van der Waals surface area (Å²) in [5.74, 6) is -2.23. The van der Waals surface area contributed by atoms with Crippen molar-refractivity contribution in [1.82, 2.24) is 40.3 Å². The maximum atomic E-state index is 14.8. The van der Waals surface area contributed by atoms with Gasteiger partial charge in [0.1, 0.15) is 11.5 Å². The number of ether oxygens (including phenoxy) is 1. The van der Waals surface area contributed by atoms with Crippen LogP contribution in [0.15, 0.2) is 30.6 Å². The summed E-state index contributed by atoms with van der Waals surface area (Å²) < 4.78 is 37.0. The fraction of sp³-hybridized carbons (Fsp3) is 0.318. The van der Waals surface area contributed by atoms with E-state index in [1.54, 1.807) is 12.3 Å². The molecule has 1 aliphatic heterocycles. The number of methoxy groups -OCH3 is 1. The Morgan fingerprint density at radius 1 is 1.15 bits per heavy atom. The van der Waals surface area contributed by atoms with E-state index < -0.39 is 11.6 Å². The molecule has 4 heterocycles. The maximum Gasteiger partial charge on any atom is 0.202 e. The average molecular weight is 467 g/mol. The van der Waals surface area contributed by atoms with Crippen molar-refractivity contribution in [3.8, 4) is 34.0 Å². The lowest BCUT2D eigenvalue weighted by atomic mass is 10.1. The number of piperidine rings is 1. The van der Waals surface area contributed by atoms with E-state index in [4.69, 9.17) is 15.6 Å². The monoisotopic (exact) mass is 467 g/mol. The SMILES string of the molecule is COc1ccc(-n2nnnc2-c2cc(-c3cn(C4CCNCC4)nc3C)cnc2N)c(F)c1F. The fourth-order valence-electron chi connectivity index (χ4n) is 4.19. The quantitative estimate of drug-likeness (QED) is 0.460. The van der Waals surface area contributed by atoms with Crippen LogP contribution in [0.3, 0.4) is 0 Å². The Balaban J connectivity index is 1.56. The number of aryl methyl sites for hydroxylation is 1. The third-order valence-corrected chi connectivity index (χ3v) is 6.01. The topological polar surface area (TPSA) is 122 Å². The first-order valence-electron chi connectivity index (χ1n) is 10.8. The molecule has 0 radical (unpaired) electrons. The second kappa shape index (κ2) is 8.78. The predicted molar refractivity (Wildman–Crippen MR) is 120 cm³/mol. The summed E-state index contributed by atoms with van der Waals surface area (Å²) in [5, 5.41) is 19.6. The lowest BCUT2D eigenvalue weighted by Gasteiger charge is -2.22. The van der Waals surface area contributed by atoms with Crippen LogP contribution in [0.25, 0.3) is 28.2 Å². The Morgan fingerprint density at radius 2 is 1.94 bits per heavy atom. The molecular weight excluding hydrogens is 444 g/mol. The van der Waals surface area contributed by atoms with E-state index in [9.17, 15) is 8.78 Å². The lowest BCUT2D eigenvalue weighted by molar-refractivity contribution is 0.342. The van der Waals surface area contributed by atoms with Crippen LogP contribution in [0.4, 0.5) is 14.6 Å². The van der Waals surface area contributed by atoms with Crippen molar-refractivity contribution in [3.05, 3.63) is 47.9 Å². The van der Waals surface area contributed by atoms with E-state index in [0.717, 1.165) is 47.4 Å². The van der Waals surface area contributed by atoms with Gasteiger partial charge in [0.15, 0.2) is 17.4 Å². The average Bonchev–Trinajstić information content (AvgIpc) is 3.49. The van der Waals surface area contributed by atoms with Crippen LogP contribution in [-0.4, -0.2) is 55.2 Å². The molecule has 0 aliphatic carbocycles. The van der Waals surface area contributed by atoms with E-state index in [0.29, 0.717) is 11.6 Å². The van der Waals surface area contributed by atoms with Crippen LogP contribution in [0, 0.1) is 18.6 Å². The number of pyridine rings is 1. The first-order valence-corrected chi connectivity index (χ1v) is 10.8. The van der Waals surface area contributed by atoms with Crippen molar-refractivity contribution >= 4 is 5.82 Å². The van der Waals surface area contributed by atoms with Crippen molar-refractivity contribution in [2.75, 3.05) is 25.9 Å². The van der Waals surface area contributed by atoms with Crippen LogP contribution >= 0.6 is 0 Å². The van der Waals surface area contributed by atoms with E-state index in [2.05, 4.69) is 25.8 Å². The number of nitrogen functional groups attached to an aromatic ring is 1. The molecule has 4 aromatic rings. The zero-order chi connectivity index (χ0) is 23.8. The molecule has 0 bridgehead atoms. The van der Waals surface area contributed by atoms with Gasteiger partial charge in [-0.15, -0.1) is 5.10 Å². The number of hydrogen-bond donors (Lipinski definition) is 2. The smallest absolute Gasteiger partial charge is 0.202 e. The minimum Gasteiger partial charge on any atom is -0.494 e. The van der Waals surface area contributed by atoms with Crippen molar-refractivity contribution in [1.29, 1.82) is 0 Å². The third-order valence-electron chi connectivity index (χ3n) is 6.01. The molecule has 1 aliphatic rings. The number of tetrazole rings is 1. The van der Waals surface area contributed by atoms with Crippen molar-refractivity contribution < 1.29 is 13.5 Å². The van der Waals surface area contributed by atoms with Gasteiger partial charge in [-0.25, -0.2) is 9.37 Å². The number of anilines is 1. The molecule has 0 saturated carbocycles. The van der Waals surface area contributed by atoms with Crippen LogP contribution in [0.2, 0.25) is 0 Å². The van der Waals surface area contributed by atoms with Crippen LogP contribution in [-0.2, 0) is 0 Å². The number of halogens is 2. The molecular formula is C22H23F2N9O. The van der Waals surface area contributed by atoms with E-state index in [1.807, 2.05) is 17.8 Å². The standard InChI is InChI=1S/C22H23F2N9O/c1-12-16(11-32(29-12)14-5-7-26-8-6-14)13-9-15(21(25)27-10-13)22-28-30-31-33(22)17-3-4-18(34-2)20(24)19(17)23/h3-4,9-11,14,26H,5-8H2,1-2H3,(H2,25,27). The van der Waals surface area contributed by atoms with Gasteiger partial charge in [0.05, 0.1) is 24.4 Å². The Kier molecular flexibility index (Phi) is 5.65. The Hall–Kier alpha value is -3.93. The summed E-state index contributed by atoms with van der Waals surface area (Å²) in [6.07, 6.45) is 5.66. The maximum absolute atomic E-state index is 14.8. The van der Waals surface area contributed by atoms with Gasteiger partial charge >= 0.3 is 0 Å². The number of benzene rings is 1. The summed E-state index contributed by atoms with van der Waals surface area (Å²) in [6.45, 7) is 3.85. The van der Waals surface area contributed by atoms with E-state index in [1.165, 1.54) is 19.2 Å². The second-order valence-electron chi connectivity index (χ2n) is 8.08. The van der Waals surface area contributed by atoms with Crippen LogP contribution in [0.1, 0.15) is 24.6 Å². The summed E-state index contributed by atoms with van der Waals surface area (Å²) in [6, 6.07) is 4.74. The van der Waals surface area contributed by atoms with Gasteiger partial charge < -0.3 is 15.8 Å². The Labute approximate surface area is 193 Å². The molecule has 3 aromatic heterocycles. The van der Waals surface area contributed by atoms with Gasteiger partial charge in [0.25, 0.3) is 0 Å². The normalized spacial score (nSPS) is 14.5. The fourth-order valence-corrected chi connectivity index (χ4v) is 4.19. The number of hydrogen-bond acceptors (Lipinski definition) is 8. The van der Waals surface area contributed by atoms with Gasteiger partial charge in [0.2, 0.25) is 5.82 Å². The molecule has 176 valence electrons. The minimum atomic E-state index is -1.14. The van der Waals surface area contributed by atoms with E-state index in [-0.39, 0.29) is 23.1 Å². The third kappa shape index (κ3) is 3.75. The van der Waals surface area contributed by atoms with Gasteiger partial charge in [-0.1, -0.05) is 0 Å². The van der Waals surface area contributed by atoms with Gasteiger partial charge in [-0.3, -0.25) is 4.68 Å². The Bertz CT molecular complexity index is 1340. The zero-order valence-electron chi connectivity index (χ0n) is 18.7. The number of nitrogens with two attached hydrogens (primary N) is 1. The van der Waals surface area contributed by atoms with E-state index >= 15 is 0 Å². The number of aromatic nitrogens is 7. The molecule has 12 heteroatoms. The van der Waals surface area contributed by atoms with Crippen molar-refractivity contribution in [2.45, 2.75) is 25.8 Å². The molecule has 5 rings (SSSR count). The predicted octanol–water partition coefficient (Wildman–Crippen LogP) is 2.69. The lowest BCUT2D eigenvalue weighted by Crippen LogP contribution is -2.29. The molecule has 10 nitrogen and oxygen atoms in total. The van der Waals surface area contributed by atoms with Gasteiger partial charge in [0, 0.05) is 23.5 Å². The Morgan fingerprint density at radius 3 is 2.71 bits per heavy atom. The van der Waals surface area contributed by atoms with Gasteiger partial charge in [-0.05, 0) is 61.5 Å². The summed E-state index contributed by atoms with van der Waals surface area (Å²) in [7, 11) is 1.26. The molecule has 3 N–H and O–H groups in total. The highest BCUT2D eigenvalue weighted by Gasteiger charge is 2.23. The molecule has 0 atom stereocenters. The second-order valence-corrected chi connectivity index (χ2v) is 8.08. The number of nitrogens with zero attached hydrogens (tertiary/aromatic N) is 7. The van der Waals surface area contributed by atoms with Crippen molar-refractivity contribution in [3.63, 3.8) is 0 Å². The molecule has 34 heavy (non-hydrogen) atoms. The first kappa shape index (κ1) is 21.9. The first-order chi connectivity index (χ1) is 16.5. The summed E-state index contributed by atoms with van der Waals surface area (Å²) in [4.78, 5) is 4.31. The highest BCUT2D eigenvalue weighted by atomic mass is 19.2. The molecule has 0 spiro atoms. The zero-order valence-corrected chi connectivity index (χ0v) is 18.7. The number of rotatable bonds is 5.